The second-order valence-electron chi connectivity index (χ2n) is 4.39. The molecule has 2 rings (SSSR count). The van der Waals surface area contributed by atoms with E-state index in [1.807, 2.05) is 24.3 Å². The number of hydrogen-bond acceptors (Lipinski definition) is 1. The molecule has 0 aliphatic carbocycles. The third-order valence-corrected chi connectivity index (χ3v) is 4.05. The zero-order valence-electron chi connectivity index (χ0n) is 10.5. The summed E-state index contributed by atoms with van der Waals surface area (Å²) in [4.78, 5) is 0. The molecule has 4 heteroatoms. The molecular weight excluding hydrogens is 345 g/mol. The minimum atomic E-state index is 0.174. The lowest BCUT2D eigenvalue weighted by Crippen LogP contribution is -2.18. The smallest absolute Gasteiger partial charge is 0.0468 e. The van der Waals surface area contributed by atoms with E-state index in [-0.39, 0.29) is 6.04 Å². The maximum Gasteiger partial charge on any atom is 0.0468 e. The van der Waals surface area contributed by atoms with E-state index in [0.717, 1.165) is 16.6 Å². The van der Waals surface area contributed by atoms with Crippen molar-refractivity contribution in [1.82, 2.24) is 5.32 Å². The zero-order chi connectivity index (χ0) is 13.8. The van der Waals surface area contributed by atoms with Crippen molar-refractivity contribution in [3.63, 3.8) is 0 Å². The molecule has 2 aromatic rings. The van der Waals surface area contributed by atoms with Gasteiger partial charge in [0.2, 0.25) is 0 Å². The van der Waals surface area contributed by atoms with Gasteiger partial charge in [0.15, 0.2) is 0 Å². The van der Waals surface area contributed by atoms with Gasteiger partial charge < -0.3 is 5.32 Å². The molecule has 0 amide bonds. The fourth-order valence-corrected chi connectivity index (χ4v) is 2.67. The first kappa shape index (κ1) is 14.9. The normalized spacial score (nSPS) is 12.4. The molecule has 0 aromatic heterocycles. The van der Waals surface area contributed by atoms with E-state index >= 15 is 0 Å². The molecule has 1 N–H and O–H groups in total. The molecule has 1 nitrogen and oxygen atoms in total. The van der Waals surface area contributed by atoms with Crippen molar-refractivity contribution in [2.45, 2.75) is 19.5 Å². The molecular formula is C15H14BrCl2N. The lowest BCUT2D eigenvalue weighted by atomic mass is 10.1. The second kappa shape index (κ2) is 6.76. The van der Waals surface area contributed by atoms with Crippen molar-refractivity contribution in [2.75, 3.05) is 0 Å². The van der Waals surface area contributed by atoms with Gasteiger partial charge in [-0.3, -0.25) is 0 Å². The molecule has 2 aromatic carbocycles. The Morgan fingerprint density at radius 3 is 2.42 bits per heavy atom. The van der Waals surface area contributed by atoms with Gasteiger partial charge in [0.05, 0.1) is 0 Å². The number of halogens is 3. The molecule has 1 atom stereocenters. The maximum atomic E-state index is 6.20. The highest BCUT2D eigenvalue weighted by atomic mass is 79.9. The van der Waals surface area contributed by atoms with E-state index in [1.54, 1.807) is 6.07 Å². The summed E-state index contributed by atoms with van der Waals surface area (Å²) >= 11 is 15.5. The van der Waals surface area contributed by atoms with Crippen molar-refractivity contribution in [3.05, 3.63) is 68.1 Å². The van der Waals surface area contributed by atoms with E-state index in [4.69, 9.17) is 23.2 Å². The predicted octanol–water partition coefficient (Wildman–Crippen LogP) is 5.61. The molecule has 0 aliphatic rings. The largest absolute Gasteiger partial charge is 0.306 e. The van der Waals surface area contributed by atoms with Crippen molar-refractivity contribution in [2.24, 2.45) is 0 Å². The average Bonchev–Trinajstić information content (AvgIpc) is 2.37. The van der Waals surface area contributed by atoms with E-state index in [1.165, 1.54) is 5.56 Å². The third kappa shape index (κ3) is 4.22. The lowest BCUT2D eigenvalue weighted by Gasteiger charge is -2.16. The van der Waals surface area contributed by atoms with E-state index in [9.17, 15) is 0 Å². The maximum absolute atomic E-state index is 6.20. The number of benzene rings is 2. The van der Waals surface area contributed by atoms with Crippen LogP contribution in [0.2, 0.25) is 10.0 Å². The van der Waals surface area contributed by atoms with Gasteiger partial charge in [-0.05, 0) is 42.3 Å². The Bertz CT molecular complexity index is 555. The first-order valence-corrected chi connectivity index (χ1v) is 7.54. The molecule has 0 fully saturated rings. The first-order chi connectivity index (χ1) is 9.06. The van der Waals surface area contributed by atoms with Crippen molar-refractivity contribution in [1.29, 1.82) is 0 Å². The summed E-state index contributed by atoms with van der Waals surface area (Å²) < 4.78 is 1.09. The van der Waals surface area contributed by atoms with Crippen LogP contribution in [-0.4, -0.2) is 0 Å². The molecule has 0 bridgehead atoms. The Morgan fingerprint density at radius 2 is 1.79 bits per heavy atom. The van der Waals surface area contributed by atoms with Crippen molar-refractivity contribution >= 4 is 39.1 Å². The summed E-state index contributed by atoms with van der Waals surface area (Å²) in [5.74, 6) is 0. The predicted molar refractivity (Wildman–Crippen MR) is 85.9 cm³/mol. The molecule has 0 heterocycles. The third-order valence-electron chi connectivity index (χ3n) is 2.95. The SMILES string of the molecule is CC(NCc1ccc(Br)cc1)c1ccc(Cl)cc1Cl. The van der Waals surface area contributed by atoms with Crippen LogP contribution in [0.5, 0.6) is 0 Å². The van der Waals surface area contributed by atoms with Gasteiger partial charge in [0.25, 0.3) is 0 Å². The summed E-state index contributed by atoms with van der Waals surface area (Å²) in [6, 6.07) is 14.0. The Hall–Kier alpha value is -0.540. The Labute approximate surface area is 132 Å². The van der Waals surface area contributed by atoms with Crippen LogP contribution in [0.25, 0.3) is 0 Å². The van der Waals surface area contributed by atoms with E-state index in [0.29, 0.717) is 10.0 Å². The first-order valence-electron chi connectivity index (χ1n) is 5.99. The molecule has 0 saturated carbocycles. The number of hydrogen-bond donors (Lipinski definition) is 1. The highest BCUT2D eigenvalue weighted by molar-refractivity contribution is 9.10. The molecule has 1 unspecified atom stereocenters. The minimum Gasteiger partial charge on any atom is -0.306 e. The Balaban J connectivity index is 2.01. The van der Waals surface area contributed by atoms with E-state index in [2.05, 4.69) is 40.3 Å². The molecule has 19 heavy (non-hydrogen) atoms. The summed E-state index contributed by atoms with van der Waals surface area (Å²) in [5.41, 5.74) is 2.29. The van der Waals surface area contributed by atoms with E-state index < -0.39 is 0 Å². The van der Waals surface area contributed by atoms with Gasteiger partial charge in [-0.2, -0.15) is 0 Å². The summed E-state index contributed by atoms with van der Waals surface area (Å²) in [5, 5.41) is 4.81. The quantitative estimate of drug-likeness (QED) is 0.749. The van der Waals surface area contributed by atoms with Crippen LogP contribution in [0.3, 0.4) is 0 Å². The van der Waals surface area contributed by atoms with Crippen LogP contribution >= 0.6 is 39.1 Å². The number of nitrogens with one attached hydrogen (secondary N) is 1. The highest BCUT2D eigenvalue weighted by Crippen LogP contribution is 2.26. The molecule has 0 saturated heterocycles. The van der Waals surface area contributed by atoms with Crippen LogP contribution in [0.1, 0.15) is 24.1 Å². The van der Waals surface area contributed by atoms with Crippen LogP contribution in [0, 0.1) is 0 Å². The van der Waals surface area contributed by atoms with Crippen LogP contribution < -0.4 is 5.32 Å². The lowest BCUT2D eigenvalue weighted by molar-refractivity contribution is 0.575. The van der Waals surface area contributed by atoms with Gasteiger partial charge in [-0.15, -0.1) is 0 Å². The van der Waals surface area contributed by atoms with Crippen molar-refractivity contribution < 1.29 is 0 Å². The fraction of sp³-hybridized carbons (Fsp3) is 0.200. The molecule has 100 valence electrons. The second-order valence-corrected chi connectivity index (χ2v) is 6.15. The summed E-state index contributed by atoms with van der Waals surface area (Å²) in [6.07, 6.45) is 0. The summed E-state index contributed by atoms with van der Waals surface area (Å²) in [6.45, 7) is 2.89. The van der Waals surface area contributed by atoms with Gasteiger partial charge in [0.1, 0.15) is 0 Å². The monoisotopic (exact) mass is 357 g/mol. The minimum absolute atomic E-state index is 0.174. The van der Waals surface area contributed by atoms with Crippen LogP contribution in [0.4, 0.5) is 0 Å². The molecule has 0 aliphatic heterocycles. The molecule has 0 spiro atoms. The van der Waals surface area contributed by atoms with Crippen LogP contribution in [0.15, 0.2) is 46.9 Å². The number of rotatable bonds is 4. The van der Waals surface area contributed by atoms with Gasteiger partial charge in [-0.25, -0.2) is 0 Å². The Morgan fingerprint density at radius 1 is 1.11 bits per heavy atom. The topological polar surface area (TPSA) is 12.0 Å². The van der Waals surface area contributed by atoms with Crippen LogP contribution in [-0.2, 0) is 6.54 Å². The zero-order valence-corrected chi connectivity index (χ0v) is 13.6. The Kier molecular flexibility index (Phi) is 5.28. The van der Waals surface area contributed by atoms with Gasteiger partial charge >= 0.3 is 0 Å². The van der Waals surface area contributed by atoms with Gasteiger partial charge in [0, 0.05) is 27.1 Å². The highest BCUT2D eigenvalue weighted by Gasteiger charge is 2.09. The molecule has 0 radical (unpaired) electrons. The van der Waals surface area contributed by atoms with Crippen molar-refractivity contribution in [3.8, 4) is 0 Å². The average molecular weight is 359 g/mol. The van der Waals surface area contributed by atoms with Gasteiger partial charge in [-0.1, -0.05) is 57.3 Å². The fourth-order valence-electron chi connectivity index (χ4n) is 1.84. The standard InChI is InChI=1S/C15H14BrCl2N/c1-10(14-7-6-13(17)8-15(14)18)19-9-11-2-4-12(16)5-3-11/h2-8,10,19H,9H2,1H3. The summed E-state index contributed by atoms with van der Waals surface area (Å²) in [7, 11) is 0.